The zero-order chi connectivity index (χ0) is 9.61. The van der Waals surface area contributed by atoms with Crippen LogP contribution in [-0.4, -0.2) is 5.38 Å². The van der Waals surface area contributed by atoms with Crippen molar-refractivity contribution in [3.8, 4) is 0 Å². The monoisotopic (exact) mass is 190 g/mol. The van der Waals surface area contributed by atoms with Crippen LogP contribution >= 0.6 is 11.6 Å². The molecule has 0 fully saturated rings. The lowest BCUT2D eigenvalue weighted by Crippen LogP contribution is -2.06. The summed E-state index contributed by atoms with van der Waals surface area (Å²) < 4.78 is 0. The molecule has 0 aromatic heterocycles. The van der Waals surface area contributed by atoms with Crippen LogP contribution in [0.5, 0.6) is 0 Å². The van der Waals surface area contributed by atoms with Gasteiger partial charge in [0.15, 0.2) is 0 Å². The van der Waals surface area contributed by atoms with Gasteiger partial charge in [-0.3, -0.25) is 0 Å². The molecule has 0 unspecified atom stereocenters. The first-order chi connectivity index (χ1) is 5.45. The summed E-state index contributed by atoms with van der Waals surface area (Å²) in [6, 6.07) is 0. The Morgan fingerprint density at radius 1 is 1.17 bits per heavy atom. The lowest BCUT2D eigenvalue weighted by atomic mass is 9.89. The van der Waals surface area contributed by atoms with Crippen molar-refractivity contribution in [3.05, 3.63) is 0 Å². The van der Waals surface area contributed by atoms with Crippen molar-refractivity contribution in [2.24, 2.45) is 5.41 Å². The third kappa shape index (κ3) is 8.39. The predicted octanol–water partition coefficient (Wildman–Crippen LogP) is 4.61. The molecular weight excluding hydrogens is 168 g/mol. The fourth-order valence-electron chi connectivity index (χ4n) is 1.31. The molecule has 0 saturated carbocycles. The first-order valence-corrected chi connectivity index (χ1v) is 5.53. The van der Waals surface area contributed by atoms with Gasteiger partial charge in [0.2, 0.25) is 0 Å². The van der Waals surface area contributed by atoms with Crippen LogP contribution in [0.1, 0.15) is 59.8 Å². The molecule has 0 saturated heterocycles. The summed E-state index contributed by atoms with van der Waals surface area (Å²) in [6.45, 7) is 9.06. The molecule has 0 N–H and O–H groups in total. The third-order valence-corrected chi connectivity index (χ3v) is 2.48. The molecule has 0 aliphatic heterocycles. The standard InChI is InChI=1S/C11H23Cl/c1-5-7-10(12)8-6-9-11(2,3)4/h10H,5-9H2,1-4H3/t10-/m0/s1. The predicted molar refractivity (Wildman–Crippen MR) is 57.9 cm³/mol. The summed E-state index contributed by atoms with van der Waals surface area (Å²) in [6.07, 6.45) is 6.14. The van der Waals surface area contributed by atoms with Crippen LogP contribution in [0.15, 0.2) is 0 Å². The van der Waals surface area contributed by atoms with Gasteiger partial charge in [0.05, 0.1) is 0 Å². The van der Waals surface area contributed by atoms with E-state index in [4.69, 9.17) is 11.6 Å². The van der Waals surface area contributed by atoms with Gasteiger partial charge in [-0.1, -0.05) is 40.5 Å². The van der Waals surface area contributed by atoms with E-state index in [1.807, 2.05) is 0 Å². The highest BCUT2D eigenvalue weighted by molar-refractivity contribution is 6.20. The van der Waals surface area contributed by atoms with Crippen molar-refractivity contribution in [2.45, 2.75) is 65.2 Å². The van der Waals surface area contributed by atoms with E-state index in [2.05, 4.69) is 27.7 Å². The Balaban J connectivity index is 3.31. The van der Waals surface area contributed by atoms with Crippen LogP contribution in [-0.2, 0) is 0 Å². The Morgan fingerprint density at radius 3 is 2.17 bits per heavy atom. The zero-order valence-electron chi connectivity index (χ0n) is 8.99. The largest absolute Gasteiger partial charge is 0.123 e. The Morgan fingerprint density at radius 2 is 1.75 bits per heavy atom. The Labute approximate surface area is 82.7 Å². The molecule has 74 valence electrons. The second-order valence-electron chi connectivity index (χ2n) is 4.84. The van der Waals surface area contributed by atoms with Gasteiger partial charge >= 0.3 is 0 Å². The van der Waals surface area contributed by atoms with Crippen LogP contribution in [0.3, 0.4) is 0 Å². The maximum absolute atomic E-state index is 6.11. The van der Waals surface area contributed by atoms with E-state index in [0.717, 1.165) is 0 Å². The van der Waals surface area contributed by atoms with Gasteiger partial charge in [-0.25, -0.2) is 0 Å². The number of halogens is 1. The quantitative estimate of drug-likeness (QED) is 0.556. The summed E-state index contributed by atoms with van der Waals surface area (Å²) in [5, 5.41) is 0.414. The lowest BCUT2D eigenvalue weighted by Gasteiger charge is -2.18. The summed E-state index contributed by atoms with van der Waals surface area (Å²) in [4.78, 5) is 0. The molecule has 0 aliphatic rings. The minimum Gasteiger partial charge on any atom is -0.123 e. The summed E-state index contributed by atoms with van der Waals surface area (Å²) in [5.74, 6) is 0. The molecule has 12 heavy (non-hydrogen) atoms. The fourth-order valence-corrected chi connectivity index (χ4v) is 1.68. The Kier molecular flexibility index (Phi) is 6.00. The zero-order valence-corrected chi connectivity index (χ0v) is 9.75. The summed E-state index contributed by atoms with van der Waals surface area (Å²) in [5.41, 5.74) is 0.475. The Hall–Kier alpha value is 0.290. The van der Waals surface area contributed by atoms with Crippen molar-refractivity contribution in [1.82, 2.24) is 0 Å². The van der Waals surface area contributed by atoms with Crippen LogP contribution in [0.2, 0.25) is 0 Å². The first-order valence-electron chi connectivity index (χ1n) is 5.10. The van der Waals surface area contributed by atoms with Crippen LogP contribution < -0.4 is 0 Å². The lowest BCUT2D eigenvalue weighted by molar-refractivity contribution is 0.358. The average molecular weight is 191 g/mol. The molecule has 0 aromatic carbocycles. The Bertz CT molecular complexity index is 102. The van der Waals surface area contributed by atoms with Crippen molar-refractivity contribution < 1.29 is 0 Å². The fraction of sp³-hybridized carbons (Fsp3) is 1.00. The number of hydrogen-bond donors (Lipinski definition) is 0. The molecule has 0 aromatic rings. The molecule has 1 heteroatoms. The molecule has 1 atom stereocenters. The van der Waals surface area contributed by atoms with E-state index in [9.17, 15) is 0 Å². The summed E-state index contributed by atoms with van der Waals surface area (Å²) >= 11 is 6.11. The van der Waals surface area contributed by atoms with E-state index >= 15 is 0 Å². The van der Waals surface area contributed by atoms with E-state index in [0.29, 0.717) is 10.8 Å². The van der Waals surface area contributed by atoms with Gasteiger partial charge in [-0.2, -0.15) is 0 Å². The molecule has 0 heterocycles. The van der Waals surface area contributed by atoms with Gasteiger partial charge in [0.1, 0.15) is 0 Å². The van der Waals surface area contributed by atoms with Gasteiger partial charge in [0, 0.05) is 5.38 Å². The van der Waals surface area contributed by atoms with E-state index in [1.54, 1.807) is 0 Å². The molecule has 0 radical (unpaired) electrons. The van der Waals surface area contributed by atoms with Crippen molar-refractivity contribution >= 4 is 11.6 Å². The molecule has 0 spiro atoms. The molecular formula is C11H23Cl. The summed E-state index contributed by atoms with van der Waals surface area (Å²) in [7, 11) is 0. The molecule has 0 bridgehead atoms. The minimum atomic E-state index is 0.414. The number of hydrogen-bond acceptors (Lipinski definition) is 0. The van der Waals surface area contributed by atoms with Crippen molar-refractivity contribution in [1.29, 1.82) is 0 Å². The van der Waals surface area contributed by atoms with Crippen molar-refractivity contribution in [2.75, 3.05) is 0 Å². The highest BCUT2D eigenvalue weighted by Gasteiger charge is 2.10. The first kappa shape index (κ1) is 12.3. The van der Waals surface area contributed by atoms with Gasteiger partial charge in [0.25, 0.3) is 0 Å². The normalized spacial score (nSPS) is 14.8. The van der Waals surface area contributed by atoms with Crippen LogP contribution in [0.4, 0.5) is 0 Å². The number of alkyl halides is 1. The van der Waals surface area contributed by atoms with E-state index in [1.165, 1.54) is 32.1 Å². The molecule has 0 amide bonds. The van der Waals surface area contributed by atoms with Gasteiger partial charge in [-0.05, 0) is 24.7 Å². The van der Waals surface area contributed by atoms with Gasteiger partial charge < -0.3 is 0 Å². The maximum Gasteiger partial charge on any atom is 0.0336 e. The maximum atomic E-state index is 6.11. The smallest absolute Gasteiger partial charge is 0.0336 e. The van der Waals surface area contributed by atoms with Crippen LogP contribution in [0.25, 0.3) is 0 Å². The second kappa shape index (κ2) is 5.85. The average Bonchev–Trinajstić information content (AvgIpc) is 1.84. The highest BCUT2D eigenvalue weighted by Crippen LogP contribution is 2.23. The number of rotatable bonds is 5. The highest BCUT2D eigenvalue weighted by atomic mass is 35.5. The minimum absolute atomic E-state index is 0.414. The topological polar surface area (TPSA) is 0 Å². The SMILES string of the molecule is CCC[C@H](Cl)CCCC(C)(C)C. The van der Waals surface area contributed by atoms with Gasteiger partial charge in [-0.15, -0.1) is 11.6 Å². The van der Waals surface area contributed by atoms with Crippen LogP contribution in [0, 0.1) is 5.41 Å². The van der Waals surface area contributed by atoms with E-state index < -0.39 is 0 Å². The molecule has 0 rings (SSSR count). The second-order valence-corrected chi connectivity index (χ2v) is 5.46. The van der Waals surface area contributed by atoms with Crippen molar-refractivity contribution in [3.63, 3.8) is 0 Å². The van der Waals surface area contributed by atoms with E-state index in [-0.39, 0.29) is 0 Å². The molecule has 0 aliphatic carbocycles. The molecule has 0 nitrogen and oxygen atoms in total. The third-order valence-electron chi connectivity index (χ3n) is 2.05.